The van der Waals surface area contributed by atoms with Crippen molar-refractivity contribution < 1.29 is 0 Å². The van der Waals surface area contributed by atoms with Crippen LogP contribution in [0.5, 0.6) is 0 Å². The number of hydrogen-bond acceptors (Lipinski definition) is 3. The van der Waals surface area contributed by atoms with Crippen molar-refractivity contribution in [1.29, 1.82) is 5.41 Å². The predicted molar refractivity (Wildman–Crippen MR) is 70.7 cm³/mol. The van der Waals surface area contributed by atoms with Gasteiger partial charge in [-0.25, -0.2) is 4.68 Å². The van der Waals surface area contributed by atoms with E-state index in [1.165, 1.54) is 4.68 Å². The van der Waals surface area contributed by atoms with Crippen molar-refractivity contribution in [2.24, 2.45) is 12.8 Å². The number of nitrogens with one attached hydrogen (secondary N) is 1. The maximum Gasteiger partial charge on any atom is 0.277 e. The minimum absolute atomic E-state index is 0.170. The first-order valence-corrected chi connectivity index (χ1v) is 5.49. The van der Waals surface area contributed by atoms with Gasteiger partial charge >= 0.3 is 0 Å². The fourth-order valence-corrected chi connectivity index (χ4v) is 1.67. The maximum absolute atomic E-state index is 11.7. The van der Waals surface area contributed by atoms with E-state index in [1.807, 2.05) is 31.2 Å². The molecule has 0 aliphatic heterocycles. The summed E-state index contributed by atoms with van der Waals surface area (Å²) in [6.07, 6.45) is 0. The Labute approximate surface area is 104 Å². The topological polar surface area (TPSA) is 84.8 Å². The highest BCUT2D eigenvalue weighted by Gasteiger charge is 2.09. The fraction of sp³-hybridized carbons (Fsp3) is 0.154. The van der Waals surface area contributed by atoms with Crippen molar-refractivity contribution in [1.82, 2.24) is 9.78 Å². The third-order valence-electron chi connectivity index (χ3n) is 2.70. The number of nitrogen functional groups attached to an aromatic ring is 1. The summed E-state index contributed by atoms with van der Waals surface area (Å²) in [4.78, 5) is 11.7. The zero-order valence-corrected chi connectivity index (χ0v) is 10.3. The minimum Gasteiger partial charge on any atom is -0.384 e. The zero-order valence-electron chi connectivity index (χ0n) is 10.3. The molecule has 5 heteroatoms. The number of aryl methyl sites for hydroxylation is 2. The van der Waals surface area contributed by atoms with Crippen LogP contribution in [0.3, 0.4) is 0 Å². The Hall–Kier alpha value is -2.43. The first-order valence-electron chi connectivity index (χ1n) is 5.49. The Balaban J connectivity index is 2.62. The molecular formula is C13H14N4O. The molecule has 0 atom stereocenters. The molecule has 0 radical (unpaired) electrons. The molecule has 0 amide bonds. The van der Waals surface area contributed by atoms with Gasteiger partial charge in [0.05, 0.1) is 11.3 Å². The molecule has 0 spiro atoms. The van der Waals surface area contributed by atoms with Crippen molar-refractivity contribution in [2.45, 2.75) is 6.92 Å². The van der Waals surface area contributed by atoms with E-state index in [9.17, 15) is 4.79 Å². The van der Waals surface area contributed by atoms with Gasteiger partial charge in [-0.2, -0.15) is 5.10 Å². The summed E-state index contributed by atoms with van der Waals surface area (Å²) in [5, 5.41) is 11.6. The molecule has 0 aliphatic rings. The van der Waals surface area contributed by atoms with Crippen LogP contribution in [-0.4, -0.2) is 15.6 Å². The van der Waals surface area contributed by atoms with Crippen molar-refractivity contribution in [3.05, 3.63) is 51.8 Å². The van der Waals surface area contributed by atoms with Gasteiger partial charge in [0.25, 0.3) is 5.56 Å². The SMILES string of the molecule is Cc1ccc(-c2cc(C(=N)N)c(=O)n(C)n2)cc1. The van der Waals surface area contributed by atoms with Crippen LogP contribution in [0.15, 0.2) is 35.1 Å². The van der Waals surface area contributed by atoms with Gasteiger partial charge in [-0.1, -0.05) is 29.8 Å². The standard InChI is InChI=1S/C13H14N4O/c1-8-3-5-9(6-4-8)11-7-10(12(14)15)13(18)17(2)16-11/h3-7H,1-2H3,(H3,14,15). The van der Waals surface area contributed by atoms with Gasteiger partial charge < -0.3 is 5.73 Å². The summed E-state index contributed by atoms with van der Waals surface area (Å²) in [5.74, 6) is -0.244. The Kier molecular flexibility index (Phi) is 2.97. The molecule has 0 bridgehead atoms. The number of amidine groups is 1. The van der Waals surface area contributed by atoms with E-state index in [1.54, 1.807) is 13.1 Å². The van der Waals surface area contributed by atoms with Crippen molar-refractivity contribution in [3.8, 4) is 11.3 Å². The van der Waals surface area contributed by atoms with Gasteiger partial charge in [-0.05, 0) is 13.0 Å². The molecule has 0 unspecified atom stereocenters. The third kappa shape index (κ3) is 2.15. The van der Waals surface area contributed by atoms with Crippen LogP contribution in [-0.2, 0) is 7.05 Å². The molecule has 1 heterocycles. The lowest BCUT2D eigenvalue weighted by Gasteiger charge is -2.06. The normalized spacial score (nSPS) is 10.3. The summed E-state index contributed by atoms with van der Waals surface area (Å²) in [7, 11) is 1.55. The highest BCUT2D eigenvalue weighted by atomic mass is 16.1. The Bertz CT molecular complexity index is 656. The minimum atomic E-state index is -0.363. The fourth-order valence-electron chi connectivity index (χ4n) is 1.67. The molecule has 3 N–H and O–H groups in total. The van der Waals surface area contributed by atoms with Crippen LogP contribution in [0.2, 0.25) is 0 Å². The molecule has 5 nitrogen and oxygen atoms in total. The predicted octanol–water partition coefficient (Wildman–Crippen LogP) is 1.04. The average molecular weight is 242 g/mol. The summed E-state index contributed by atoms with van der Waals surface area (Å²) >= 11 is 0. The molecular weight excluding hydrogens is 228 g/mol. The highest BCUT2D eigenvalue weighted by Crippen LogP contribution is 2.16. The second kappa shape index (κ2) is 4.44. The smallest absolute Gasteiger partial charge is 0.277 e. The number of rotatable bonds is 2. The van der Waals surface area contributed by atoms with Crippen LogP contribution in [0.4, 0.5) is 0 Å². The summed E-state index contributed by atoms with van der Waals surface area (Å²) in [5.41, 5.74) is 7.87. The molecule has 0 fully saturated rings. The number of benzene rings is 1. The lowest BCUT2D eigenvalue weighted by molar-refractivity contribution is 0.709. The molecule has 0 aliphatic carbocycles. The molecule has 92 valence electrons. The third-order valence-corrected chi connectivity index (χ3v) is 2.70. The highest BCUT2D eigenvalue weighted by molar-refractivity contribution is 5.95. The Morgan fingerprint density at radius 2 is 1.94 bits per heavy atom. The van der Waals surface area contributed by atoms with Gasteiger partial charge in [0.1, 0.15) is 5.84 Å². The van der Waals surface area contributed by atoms with Crippen LogP contribution in [0, 0.1) is 12.3 Å². The van der Waals surface area contributed by atoms with Crippen molar-refractivity contribution in [2.75, 3.05) is 0 Å². The molecule has 0 saturated carbocycles. The Morgan fingerprint density at radius 1 is 1.33 bits per heavy atom. The number of nitrogens with zero attached hydrogens (tertiary/aromatic N) is 2. The largest absolute Gasteiger partial charge is 0.384 e. The lowest BCUT2D eigenvalue weighted by Crippen LogP contribution is -2.29. The van der Waals surface area contributed by atoms with Gasteiger partial charge in [0.15, 0.2) is 0 Å². The second-order valence-corrected chi connectivity index (χ2v) is 4.15. The van der Waals surface area contributed by atoms with Crippen molar-refractivity contribution in [3.63, 3.8) is 0 Å². The molecule has 1 aromatic heterocycles. The Morgan fingerprint density at radius 3 is 2.50 bits per heavy atom. The zero-order chi connectivity index (χ0) is 13.3. The van der Waals surface area contributed by atoms with Crippen LogP contribution >= 0.6 is 0 Å². The van der Waals surface area contributed by atoms with Crippen LogP contribution in [0.25, 0.3) is 11.3 Å². The summed E-state index contributed by atoms with van der Waals surface area (Å²) < 4.78 is 1.20. The van der Waals surface area contributed by atoms with Crippen molar-refractivity contribution >= 4 is 5.84 Å². The van der Waals surface area contributed by atoms with E-state index < -0.39 is 0 Å². The molecule has 2 aromatic rings. The molecule has 0 saturated heterocycles. The van der Waals surface area contributed by atoms with E-state index in [0.29, 0.717) is 5.69 Å². The van der Waals surface area contributed by atoms with E-state index >= 15 is 0 Å². The first-order chi connectivity index (χ1) is 8.49. The van der Waals surface area contributed by atoms with Gasteiger partial charge in [0.2, 0.25) is 0 Å². The monoisotopic (exact) mass is 242 g/mol. The number of nitrogens with two attached hydrogens (primary N) is 1. The van der Waals surface area contributed by atoms with E-state index in [2.05, 4.69) is 5.10 Å². The molecule has 18 heavy (non-hydrogen) atoms. The maximum atomic E-state index is 11.7. The van der Waals surface area contributed by atoms with E-state index in [0.717, 1.165) is 11.1 Å². The van der Waals surface area contributed by atoms with Gasteiger partial charge in [0, 0.05) is 12.6 Å². The average Bonchev–Trinajstić information content (AvgIpc) is 2.33. The van der Waals surface area contributed by atoms with Crippen LogP contribution < -0.4 is 11.3 Å². The molecule has 2 rings (SSSR count). The van der Waals surface area contributed by atoms with Gasteiger partial charge in [-0.15, -0.1) is 0 Å². The van der Waals surface area contributed by atoms with E-state index in [4.69, 9.17) is 11.1 Å². The number of aromatic nitrogens is 2. The lowest BCUT2D eigenvalue weighted by atomic mass is 10.1. The summed E-state index contributed by atoms with van der Waals surface area (Å²) in [6, 6.07) is 9.33. The van der Waals surface area contributed by atoms with Crippen LogP contribution in [0.1, 0.15) is 11.1 Å². The first kappa shape index (κ1) is 12.0. The summed E-state index contributed by atoms with van der Waals surface area (Å²) in [6.45, 7) is 2.00. The van der Waals surface area contributed by atoms with Gasteiger partial charge in [-0.3, -0.25) is 10.2 Å². The van der Waals surface area contributed by atoms with E-state index in [-0.39, 0.29) is 17.0 Å². The quantitative estimate of drug-likeness (QED) is 0.609. The second-order valence-electron chi connectivity index (χ2n) is 4.15. The molecule has 1 aromatic carbocycles. The number of hydrogen-bond donors (Lipinski definition) is 2.